The Bertz CT molecular complexity index is 972. The molecule has 0 fully saturated rings. The summed E-state index contributed by atoms with van der Waals surface area (Å²) in [6, 6.07) is 22.9. The lowest BCUT2D eigenvalue weighted by atomic mass is 10.2. The molecule has 2 amide bonds. The summed E-state index contributed by atoms with van der Waals surface area (Å²) in [5.41, 5.74) is 1.76. The predicted octanol–water partition coefficient (Wildman–Crippen LogP) is 4.35. The van der Waals surface area contributed by atoms with Crippen LogP contribution in [0.5, 0.6) is 11.5 Å². The van der Waals surface area contributed by atoms with E-state index >= 15 is 0 Å². The van der Waals surface area contributed by atoms with Crippen molar-refractivity contribution in [3.05, 3.63) is 84.4 Å². The normalized spacial score (nSPS) is 11.2. The molecule has 2 N–H and O–H groups in total. The van der Waals surface area contributed by atoms with Crippen LogP contribution in [-0.4, -0.2) is 25.0 Å². The molecule has 3 aromatic carbocycles. The SMILES string of the molecule is COc1ccccc1NC(=O)c1ccc(O[C@H](C)C(=O)Nc2ccccc2)cc1. The number of hydrogen-bond acceptors (Lipinski definition) is 4. The Morgan fingerprint density at radius 1 is 0.828 bits per heavy atom. The molecule has 1 atom stereocenters. The van der Waals surface area contributed by atoms with Crippen LogP contribution in [-0.2, 0) is 4.79 Å². The number of benzene rings is 3. The minimum atomic E-state index is -0.691. The van der Waals surface area contributed by atoms with Crippen LogP contribution in [0.25, 0.3) is 0 Å². The van der Waals surface area contributed by atoms with E-state index in [1.165, 1.54) is 0 Å². The van der Waals surface area contributed by atoms with Crippen LogP contribution in [0.1, 0.15) is 17.3 Å². The molecule has 0 aromatic heterocycles. The van der Waals surface area contributed by atoms with Crippen molar-refractivity contribution in [2.45, 2.75) is 13.0 Å². The average molecular weight is 390 g/mol. The Kier molecular flexibility index (Phi) is 6.47. The third-order valence-electron chi connectivity index (χ3n) is 4.20. The van der Waals surface area contributed by atoms with Crippen molar-refractivity contribution in [1.29, 1.82) is 0 Å². The zero-order valence-corrected chi connectivity index (χ0v) is 16.2. The summed E-state index contributed by atoms with van der Waals surface area (Å²) in [5, 5.41) is 5.60. The lowest BCUT2D eigenvalue weighted by Crippen LogP contribution is -2.30. The highest BCUT2D eigenvalue weighted by Crippen LogP contribution is 2.24. The lowest BCUT2D eigenvalue weighted by Gasteiger charge is -2.15. The molecule has 3 rings (SSSR count). The first-order valence-corrected chi connectivity index (χ1v) is 9.14. The second kappa shape index (κ2) is 9.41. The first-order chi connectivity index (χ1) is 14.1. The number of carbonyl (C=O) groups is 2. The fourth-order valence-corrected chi connectivity index (χ4v) is 2.65. The van der Waals surface area contributed by atoms with E-state index in [-0.39, 0.29) is 11.8 Å². The number of amides is 2. The smallest absolute Gasteiger partial charge is 0.265 e. The highest BCUT2D eigenvalue weighted by Gasteiger charge is 2.15. The number of para-hydroxylation sites is 3. The Labute approximate surface area is 169 Å². The van der Waals surface area contributed by atoms with Gasteiger partial charge in [-0.3, -0.25) is 9.59 Å². The van der Waals surface area contributed by atoms with Gasteiger partial charge in [0.25, 0.3) is 11.8 Å². The number of rotatable bonds is 7. The molecule has 0 aliphatic heterocycles. The van der Waals surface area contributed by atoms with Crippen molar-refractivity contribution in [3.8, 4) is 11.5 Å². The van der Waals surface area contributed by atoms with Crippen LogP contribution in [0.4, 0.5) is 11.4 Å². The van der Waals surface area contributed by atoms with Gasteiger partial charge in [-0.1, -0.05) is 30.3 Å². The van der Waals surface area contributed by atoms with Crippen LogP contribution in [0, 0.1) is 0 Å². The number of hydrogen-bond donors (Lipinski definition) is 2. The van der Waals surface area contributed by atoms with Crippen LogP contribution >= 0.6 is 0 Å². The molecule has 29 heavy (non-hydrogen) atoms. The number of anilines is 2. The topological polar surface area (TPSA) is 76.7 Å². The van der Waals surface area contributed by atoms with Crippen LogP contribution < -0.4 is 20.1 Å². The number of carbonyl (C=O) groups excluding carboxylic acids is 2. The maximum Gasteiger partial charge on any atom is 0.265 e. The number of methoxy groups -OCH3 is 1. The Morgan fingerprint density at radius 2 is 1.48 bits per heavy atom. The molecular formula is C23H22N2O4. The maximum atomic E-state index is 12.5. The number of nitrogens with one attached hydrogen (secondary N) is 2. The van der Waals surface area contributed by atoms with E-state index in [0.717, 1.165) is 0 Å². The Hall–Kier alpha value is -3.80. The molecule has 6 heteroatoms. The Morgan fingerprint density at radius 3 is 2.17 bits per heavy atom. The van der Waals surface area contributed by atoms with Crippen LogP contribution in [0.3, 0.4) is 0 Å². The molecule has 0 bridgehead atoms. The summed E-state index contributed by atoms with van der Waals surface area (Å²) in [5.74, 6) is 0.554. The Balaban J connectivity index is 1.59. The van der Waals surface area contributed by atoms with Gasteiger partial charge in [0.1, 0.15) is 11.5 Å². The largest absolute Gasteiger partial charge is 0.495 e. The van der Waals surface area contributed by atoms with Gasteiger partial charge in [-0.15, -0.1) is 0 Å². The highest BCUT2D eigenvalue weighted by atomic mass is 16.5. The summed E-state index contributed by atoms with van der Waals surface area (Å²) in [6.45, 7) is 1.67. The third kappa shape index (κ3) is 5.35. The van der Waals surface area contributed by atoms with Gasteiger partial charge in [0, 0.05) is 11.3 Å². The summed E-state index contributed by atoms with van der Waals surface area (Å²) >= 11 is 0. The van der Waals surface area contributed by atoms with Crippen molar-refractivity contribution >= 4 is 23.2 Å². The summed E-state index contributed by atoms with van der Waals surface area (Å²) in [4.78, 5) is 24.7. The molecule has 0 aliphatic carbocycles. The number of ether oxygens (including phenoxy) is 2. The van der Waals surface area contributed by atoms with Crippen molar-refractivity contribution in [1.82, 2.24) is 0 Å². The van der Waals surface area contributed by atoms with E-state index in [2.05, 4.69) is 10.6 Å². The second-order valence-electron chi connectivity index (χ2n) is 6.29. The molecule has 0 saturated carbocycles. The summed E-state index contributed by atoms with van der Waals surface area (Å²) in [6.07, 6.45) is -0.691. The minimum Gasteiger partial charge on any atom is -0.495 e. The fourth-order valence-electron chi connectivity index (χ4n) is 2.65. The molecule has 0 unspecified atom stereocenters. The van der Waals surface area contributed by atoms with Gasteiger partial charge in [0.05, 0.1) is 12.8 Å². The van der Waals surface area contributed by atoms with Gasteiger partial charge in [0.15, 0.2) is 6.10 Å². The van der Waals surface area contributed by atoms with Crippen LogP contribution in [0.2, 0.25) is 0 Å². The van der Waals surface area contributed by atoms with E-state index < -0.39 is 6.10 Å². The second-order valence-corrected chi connectivity index (χ2v) is 6.29. The van der Waals surface area contributed by atoms with E-state index in [1.54, 1.807) is 62.6 Å². The summed E-state index contributed by atoms with van der Waals surface area (Å²) < 4.78 is 10.9. The summed E-state index contributed by atoms with van der Waals surface area (Å²) in [7, 11) is 1.55. The molecule has 0 aliphatic rings. The minimum absolute atomic E-state index is 0.255. The van der Waals surface area contributed by atoms with E-state index in [1.807, 2.05) is 30.3 Å². The van der Waals surface area contributed by atoms with E-state index in [4.69, 9.17) is 9.47 Å². The van der Waals surface area contributed by atoms with Gasteiger partial charge in [-0.25, -0.2) is 0 Å². The first-order valence-electron chi connectivity index (χ1n) is 9.14. The molecule has 148 valence electrons. The van der Waals surface area contributed by atoms with E-state index in [9.17, 15) is 9.59 Å². The average Bonchev–Trinajstić information content (AvgIpc) is 2.75. The van der Waals surface area contributed by atoms with Crippen LogP contribution in [0.15, 0.2) is 78.9 Å². The molecule has 0 spiro atoms. The van der Waals surface area contributed by atoms with Gasteiger partial charge < -0.3 is 20.1 Å². The lowest BCUT2D eigenvalue weighted by molar-refractivity contribution is -0.122. The predicted molar refractivity (Wildman–Crippen MR) is 113 cm³/mol. The van der Waals surface area contributed by atoms with Gasteiger partial charge in [0.2, 0.25) is 0 Å². The molecule has 3 aromatic rings. The molecule has 0 saturated heterocycles. The highest BCUT2D eigenvalue weighted by molar-refractivity contribution is 6.05. The standard InChI is InChI=1S/C23H22N2O4/c1-16(22(26)24-18-8-4-3-5-9-18)29-19-14-12-17(13-15-19)23(27)25-20-10-6-7-11-21(20)28-2/h3-16H,1-2H3,(H,24,26)(H,25,27)/t16-/m1/s1. The first kappa shape index (κ1) is 19.9. The maximum absolute atomic E-state index is 12.5. The van der Waals surface area contributed by atoms with E-state index in [0.29, 0.717) is 28.4 Å². The van der Waals surface area contributed by atoms with Crippen molar-refractivity contribution < 1.29 is 19.1 Å². The van der Waals surface area contributed by atoms with Gasteiger partial charge in [-0.05, 0) is 55.5 Å². The van der Waals surface area contributed by atoms with Gasteiger partial charge >= 0.3 is 0 Å². The zero-order chi connectivity index (χ0) is 20.6. The quantitative estimate of drug-likeness (QED) is 0.629. The third-order valence-corrected chi connectivity index (χ3v) is 4.20. The van der Waals surface area contributed by atoms with Crippen molar-refractivity contribution in [2.75, 3.05) is 17.7 Å². The van der Waals surface area contributed by atoms with Crippen molar-refractivity contribution in [2.24, 2.45) is 0 Å². The molecule has 0 radical (unpaired) electrons. The fraction of sp³-hybridized carbons (Fsp3) is 0.130. The van der Waals surface area contributed by atoms with Crippen molar-refractivity contribution in [3.63, 3.8) is 0 Å². The zero-order valence-electron chi connectivity index (χ0n) is 16.2. The molecular weight excluding hydrogens is 368 g/mol. The van der Waals surface area contributed by atoms with Gasteiger partial charge in [-0.2, -0.15) is 0 Å². The molecule has 6 nitrogen and oxygen atoms in total. The molecule has 0 heterocycles. The monoisotopic (exact) mass is 390 g/mol.